The van der Waals surface area contributed by atoms with Gasteiger partial charge in [0, 0.05) is 5.16 Å². The monoisotopic (exact) mass is 254 g/mol. The van der Waals surface area contributed by atoms with E-state index in [0.29, 0.717) is 13.0 Å². The zero-order chi connectivity index (χ0) is 13.6. The quantitative estimate of drug-likeness (QED) is 0.117. The molecule has 0 aromatic carbocycles. The Morgan fingerprint density at radius 3 is 2.67 bits per heavy atom. The van der Waals surface area contributed by atoms with E-state index in [2.05, 4.69) is 15.0 Å². The van der Waals surface area contributed by atoms with Gasteiger partial charge in [0.15, 0.2) is 0 Å². The van der Waals surface area contributed by atoms with Gasteiger partial charge in [-0.25, -0.2) is 19.4 Å². The second-order valence-electron chi connectivity index (χ2n) is 3.26. The molecule has 0 bridgehead atoms. The lowest BCUT2D eigenvalue weighted by atomic mass is 10.2. The van der Waals surface area contributed by atoms with Crippen molar-refractivity contribution >= 4 is 18.1 Å². The van der Waals surface area contributed by atoms with Crippen molar-refractivity contribution in [1.29, 1.82) is 0 Å². The number of hydrogen-bond acceptors (Lipinski definition) is 7. The molecule has 0 atom stereocenters. The molecule has 0 saturated heterocycles. The summed E-state index contributed by atoms with van der Waals surface area (Å²) in [4.78, 5) is 38.4. The minimum Gasteiger partial charge on any atom is -0.462 e. The summed E-state index contributed by atoms with van der Waals surface area (Å²) in [7, 11) is 0. The highest BCUT2D eigenvalue weighted by Gasteiger charge is 2.05. The van der Waals surface area contributed by atoms with Crippen LogP contribution in [-0.4, -0.2) is 31.3 Å². The van der Waals surface area contributed by atoms with Crippen molar-refractivity contribution in [3.8, 4) is 0 Å². The fourth-order valence-electron chi connectivity index (χ4n) is 0.969. The lowest BCUT2D eigenvalue weighted by molar-refractivity contribution is -0.139. The average molecular weight is 254 g/mol. The molecule has 0 aromatic heterocycles. The van der Waals surface area contributed by atoms with Gasteiger partial charge in [-0.05, 0) is 26.2 Å². The largest absolute Gasteiger partial charge is 0.462 e. The van der Waals surface area contributed by atoms with E-state index in [4.69, 9.17) is 4.74 Å². The predicted octanol–water partition coefficient (Wildman–Crippen LogP) is 1.21. The first kappa shape index (κ1) is 15.8. The van der Waals surface area contributed by atoms with Crippen molar-refractivity contribution in [1.82, 2.24) is 0 Å². The second kappa shape index (κ2) is 11.3. The highest BCUT2D eigenvalue weighted by atomic mass is 16.6. The molecular formula is C11H14N2O5. The van der Waals surface area contributed by atoms with Crippen LogP contribution in [0.25, 0.3) is 0 Å². The van der Waals surface area contributed by atoms with Crippen LogP contribution in [0.3, 0.4) is 0 Å². The van der Waals surface area contributed by atoms with Gasteiger partial charge in [0.2, 0.25) is 6.08 Å². The summed E-state index contributed by atoms with van der Waals surface area (Å²) in [5.74, 6) is -0.540. The van der Waals surface area contributed by atoms with Crippen molar-refractivity contribution in [2.24, 2.45) is 10.1 Å². The van der Waals surface area contributed by atoms with Crippen LogP contribution in [-0.2, 0) is 24.0 Å². The third kappa shape index (κ3) is 9.03. The van der Waals surface area contributed by atoms with Gasteiger partial charge in [-0.2, -0.15) is 0 Å². The van der Waals surface area contributed by atoms with E-state index in [1.807, 2.05) is 0 Å². The minimum absolute atomic E-state index is 0.194. The van der Waals surface area contributed by atoms with Crippen LogP contribution in [0.5, 0.6) is 0 Å². The Morgan fingerprint density at radius 2 is 2.00 bits per heavy atom. The summed E-state index contributed by atoms with van der Waals surface area (Å²) < 4.78 is 4.91. The first-order valence-electron chi connectivity index (χ1n) is 5.33. The SMILES string of the molecule is C/C(=C\ON=C=O)C(=O)OCCCCCN=C=O. The van der Waals surface area contributed by atoms with Gasteiger partial charge < -0.3 is 9.57 Å². The van der Waals surface area contributed by atoms with Crippen LogP contribution < -0.4 is 0 Å². The summed E-state index contributed by atoms with van der Waals surface area (Å²) in [5, 5.41) is 2.80. The third-order valence-electron chi connectivity index (χ3n) is 1.85. The van der Waals surface area contributed by atoms with E-state index >= 15 is 0 Å². The molecule has 7 nitrogen and oxygen atoms in total. The molecule has 0 unspecified atom stereocenters. The molecule has 7 heteroatoms. The number of esters is 1. The number of rotatable bonds is 9. The summed E-state index contributed by atoms with van der Waals surface area (Å²) in [6.07, 6.45) is 5.84. The fourth-order valence-corrected chi connectivity index (χ4v) is 0.969. The molecule has 0 aliphatic heterocycles. The molecule has 0 fully saturated rings. The molecule has 0 aliphatic rings. The van der Waals surface area contributed by atoms with E-state index in [1.54, 1.807) is 0 Å². The summed E-state index contributed by atoms with van der Waals surface area (Å²) in [5.41, 5.74) is 0.194. The first-order chi connectivity index (χ1) is 8.72. The maximum absolute atomic E-state index is 11.3. The molecule has 0 aromatic rings. The number of aliphatic imine (C=N–C) groups is 1. The fraction of sp³-hybridized carbons (Fsp3) is 0.545. The lowest BCUT2D eigenvalue weighted by Crippen LogP contribution is -2.07. The van der Waals surface area contributed by atoms with Crippen molar-refractivity contribution < 1.29 is 24.0 Å². The zero-order valence-electron chi connectivity index (χ0n) is 10.0. The molecule has 98 valence electrons. The number of hydrogen-bond donors (Lipinski definition) is 0. The van der Waals surface area contributed by atoms with Gasteiger partial charge in [-0.1, -0.05) is 0 Å². The van der Waals surface area contributed by atoms with Crippen LogP contribution in [0.15, 0.2) is 22.0 Å². The van der Waals surface area contributed by atoms with Crippen LogP contribution in [0.4, 0.5) is 0 Å². The summed E-state index contributed by atoms with van der Waals surface area (Å²) in [6, 6.07) is 0. The van der Waals surface area contributed by atoms with E-state index < -0.39 is 5.97 Å². The normalized spacial score (nSPS) is 9.94. The molecule has 0 heterocycles. The van der Waals surface area contributed by atoms with Crippen molar-refractivity contribution in [2.75, 3.05) is 13.2 Å². The molecule has 0 saturated carbocycles. The highest BCUT2D eigenvalue weighted by molar-refractivity contribution is 5.87. The molecule has 18 heavy (non-hydrogen) atoms. The van der Waals surface area contributed by atoms with E-state index in [9.17, 15) is 14.4 Å². The number of ether oxygens (including phenoxy) is 1. The third-order valence-corrected chi connectivity index (χ3v) is 1.85. The van der Waals surface area contributed by atoms with Gasteiger partial charge in [0.05, 0.1) is 18.7 Å². The molecule has 0 rings (SSSR count). The Hall–Kier alpha value is -2.23. The Morgan fingerprint density at radius 1 is 1.22 bits per heavy atom. The zero-order valence-corrected chi connectivity index (χ0v) is 10.0. The van der Waals surface area contributed by atoms with Gasteiger partial charge in [-0.3, -0.25) is 0 Å². The summed E-state index contributed by atoms with van der Waals surface area (Å²) >= 11 is 0. The molecular weight excluding hydrogens is 240 g/mol. The van der Waals surface area contributed by atoms with Crippen LogP contribution in [0.1, 0.15) is 26.2 Å². The van der Waals surface area contributed by atoms with Gasteiger partial charge in [0.25, 0.3) is 6.08 Å². The molecule has 0 N–H and O–H groups in total. The van der Waals surface area contributed by atoms with Crippen LogP contribution in [0.2, 0.25) is 0 Å². The van der Waals surface area contributed by atoms with Gasteiger partial charge in [-0.15, -0.1) is 0 Å². The van der Waals surface area contributed by atoms with Crippen molar-refractivity contribution in [3.05, 3.63) is 11.8 Å². The Labute approximate surface area is 104 Å². The molecule has 0 spiro atoms. The lowest BCUT2D eigenvalue weighted by Gasteiger charge is -2.03. The summed E-state index contributed by atoms with van der Waals surface area (Å²) in [6.45, 7) is 2.18. The second-order valence-corrected chi connectivity index (χ2v) is 3.26. The van der Waals surface area contributed by atoms with E-state index in [-0.39, 0.29) is 12.2 Å². The van der Waals surface area contributed by atoms with E-state index in [1.165, 1.54) is 13.0 Å². The van der Waals surface area contributed by atoms with Gasteiger partial charge >= 0.3 is 5.97 Å². The van der Waals surface area contributed by atoms with E-state index in [0.717, 1.165) is 25.2 Å². The highest BCUT2D eigenvalue weighted by Crippen LogP contribution is 2.01. The molecule has 0 amide bonds. The first-order valence-corrected chi connectivity index (χ1v) is 5.33. The predicted molar refractivity (Wildman–Crippen MR) is 60.8 cm³/mol. The molecule has 0 radical (unpaired) electrons. The number of nitrogens with zero attached hydrogens (tertiary/aromatic N) is 2. The van der Waals surface area contributed by atoms with Crippen molar-refractivity contribution in [3.63, 3.8) is 0 Å². The maximum Gasteiger partial charge on any atom is 0.336 e. The Bertz CT molecular complexity index is 379. The number of unbranched alkanes of at least 4 members (excludes halogenated alkanes) is 2. The van der Waals surface area contributed by atoms with Crippen LogP contribution in [0, 0.1) is 0 Å². The molecule has 0 aliphatic carbocycles. The Kier molecular flexibility index (Phi) is 9.87. The average Bonchev–Trinajstić information content (AvgIpc) is 2.37. The van der Waals surface area contributed by atoms with Crippen LogP contribution >= 0.6 is 0 Å². The standard InChI is InChI=1S/C11H14N2O5/c1-10(7-18-13-9-15)11(16)17-6-4-2-3-5-12-8-14/h7H,2-6H2,1H3/b10-7+. The van der Waals surface area contributed by atoms with Crippen molar-refractivity contribution in [2.45, 2.75) is 26.2 Å². The minimum atomic E-state index is -0.540. The number of carbonyl (C=O) groups excluding carboxylic acids is 3. The Balaban J connectivity index is 3.66. The number of carbonyl (C=O) groups is 1. The maximum atomic E-state index is 11.3. The number of isocyanates is 2. The van der Waals surface area contributed by atoms with Gasteiger partial charge in [0.1, 0.15) is 6.26 Å². The topological polar surface area (TPSA) is 94.4 Å². The smallest absolute Gasteiger partial charge is 0.336 e.